The molecule has 0 fully saturated rings. The minimum absolute atomic E-state index is 0.596. The van der Waals surface area contributed by atoms with Crippen LogP contribution in [0.5, 0.6) is 0 Å². The van der Waals surface area contributed by atoms with E-state index in [9.17, 15) is 43.9 Å². The fourth-order valence-electron chi connectivity index (χ4n) is 11.6. The smallest absolute Gasteiger partial charge is 0.238 e. The molecule has 0 amide bonds. The van der Waals surface area contributed by atoms with E-state index in [0.29, 0.717) is 9.13 Å². The zero-order valence-electron chi connectivity index (χ0n) is 89.2. The summed E-state index contributed by atoms with van der Waals surface area (Å²) in [6.45, 7) is 0. The molecular formula is C76H48N6Si. The van der Waals surface area contributed by atoms with Crippen molar-refractivity contribution in [2.75, 3.05) is 0 Å². The van der Waals surface area contributed by atoms with Gasteiger partial charge >= 0.3 is 0 Å². The summed E-state index contributed by atoms with van der Waals surface area (Å²) in [5, 5.41) is -9.12. The third-order valence-electron chi connectivity index (χ3n) is 14.8. The van der Waals surface area contributed by atoms with Crippen molar-refractivity contribution >= 4 is 94.2 Å². The fraction of sp³-hybridized carbons (Fsp3) is 0.0132. The summed E-state index contributed by atoms with van der Waals surface area (Å²) in [7, 11) is -6.30. The molecule has 0 unspecified atom stereocenters. The van der Waals surface area contributed by atoms with Gasteiger partial charge in [-0.2, -0.15) is 9.97 Å². The predicted molar refractivity (Wildman–Crippen MR) is 343 cm³/mol. The monoisotopic (exact) mass is 1120 g/mol. The Labute approximate surface area is 546 Å². The molecule has 0 spiro atoms. The van der Waals surface area contributed by atoms with Crippen molar-refractivity contribution in [2.24, 2.45) is 0 Å². The van der Waals surface area contributed by atoms with Gasteiger partial charge < -0.3 is 9.13 Å². The first-order chi connectivity index (χ1) is 61.1. The Hall–Kier alpha value is -10.7. The Balaban J connectivity index is 1.08. The lowest BCUT2D eigenvalue weighted by atomic mass is 9.63. The van der Waals surface area contributed by atoms with E-state index in [1.807, 2.05) is 0 Å². The van der Waals surface area contributed by atoms with Crippen LogP contribution >= 0.6 is 0 Å². The molecule has 386 valence electrons. The van der Waals surface area contributed by atoms with Gasteiger partial charge in [0.15, 0.2) is 19.7 Å². The highest BCUT2D eigenvalue weighted by Gasteiger charge is 2.48. The van der Waals surface area contributed by atoms with E-state index >= 15 is 0 Å². The van der Waals surface area contributed by atoms with Crippen molar-refractivity contribution < 1.29 is 65.8 Å². The van der Waals surface area contributed by atoms with E-state index in [2.05, 4.69) is 15.0 Å². The van der Waals surface area contributed by atoms with E-state index in [4.69, 9.17) is 21.9 Å². The molecule has 16 aromatic rings. The molecule has 6 nitrogen and oxygen atoms in total. The number of benzene rings is 12. The molecule has 0 saturated heterocycles. The Kier molecular flexibility index (Phi) is 4.08. The zero-order chi connectivity index (χ0) is 96.2. The zero-order valence-corrected chi connectivity index (χ0v) is 42.2. The van der Waals surface area contributed by atoms with Gasteiger partial charge in [-0.1, -0.05) is 230 Å². The maximum Gasteiger partial charge on any atom is 0.238 e. The molecule has 7 heteroatoms. The minimum atomic E-state index is -6.30. The van der Waals surface area contributed by atoms with Gasteiger partial charge in [-0.05, 0) is 103 Å². The highest BCUT2D eigenvalue weighted by atomic mass is 28.3. The quantitative estimate of drug-likeness (QED) is 0.149. The highest BCUT2D eigenvalue weighted by molar-refractivity contribution is 7.21. The predicted octanol–water partition coefficient (Wildman–Crippen LogP) is 14.9. The topological polar surface area (TPSA) is 53.5 Å². The summed E-state index contributed by atoms with van der Waals surface area (Å²) >= 11 is 0. The average Bonchev–Trinajstić information content (AvgIpc) is 1.55. The van der Waals surface area contributed by atoms with Crippen molar-refractivity contribution in [1.82, 2.24) is 28.7 Å². The molecule has 4 aromatic heterocycles. The van der Waals surface area contributed by atoms with Gasteiger partial charge in [-0.25, -0.2) is 4.98 Å². The van der Waals surface area contributed by atoms with Crippen LogP contribution in [-0.4, -0.2) is 36.7 Å². The summed E-state index contributed by atoms with van der Waals surface area (Å²) in [4.78, 5) is 14.0. The lowest BCUT2D eigenvalue weighted by molar-refractivity contribution is 0.728. The molecule has 83 heavy (non-hydrogen) atoms. The second-order valence-electron chi connectivity index (χ2n) is 18.6. The largest absolute Gasteiger partial charge is 0.309 e. The lowest BCUT2D eigenvalue weighted by Crippen LogP contribution is -2.76. The molecule has 18 rings (SSSR count). The van der Waals surface area contributed by atoms with Crippen LogP contribution in [0.25, 0.3) is 106 Å². The molecule has 2 aliphatic rings. The summed E-state index contributed by atoms with van der Waals surface area (Å²) in [6, 6.07) is -58.0. The van der Waals surface area contributed by atoms with E-state index in [-0.39, 0.29) is 0 Å². The van der Waals surface area contributed by atoms with Gasteiger partial charge in [0.05, 0.1) is 110 Å². The number of aromatic nitrogens is 6. The molecule has 0 aliphatic carbocycles. The second-order valence-corrected chi connectivity index (χ2v) is 22.1. The molecule has 0 bridgehead atoms. The van der Waals surface area contributed by atoms with E-state index < -0.39 is 452 Å². The van der Waals surface area contributed by atoms with Crippen molar-refractivity contribution in [3.63, 3.8) is 0 Å². The standard InChI is InChI=1S/C76H48N6Si/c1-5-23-51(24-6-1)76(52-25-7-2-8-26-52)61-35-15-18-39-67(61)80-65-45-43-49(47-59(65)57-33-21-36-62(76)71(57)80)73-77-74(79-75(78-73)82-63-37-16-13-31-55(63)56-32-14-17-38-64(56)82)50-44-46-66-60(48-50)58-34-22-42-70-72(58)81(66)68-40-19-20-41-69(68)83(70,53-27-9-3-10-28-53)54-29-11-4-12-30-54/h1-48H/i1D,2D,3D,4D,5D,6D,7D,8D,9D,10D,11D,12D,13D,14D,15D,16D,17D,18D,19D,20D,21D,22D,23D,24D,25D,26D,27D,28D,29D,30D,31D,32D,33D,34D,35D,36D,37D,38D,39D,40D,41D,42D,43D,44D,45D,46D,47D,48D. The fourth-order valence-corrected chi connectivity index (χ4v) is 15.7. The Bertz CT molecular complexity index is 7610. The summed E-state index contributed by atoms with van der Waals surface area (Å²) in [6.07, 6.45) is 0. The summed E-state index contributed by atoms with van der Waals surface area (Å²) < 4.78 is 463. The van der Waals surface area contributed by atoms with Crippen LogP contribution in [0, 0.1) is 0 Å². The molecule has 6 heterocycles. The maximum absolute atomic E-state index is 10.8. The number of hydrogen-bond acceptors (Lipinski definition) is 3. The van der Waals surface area contributed by atoms with Crippen LogP contribution in [0.15, 0.2) is 290 Å². The van der Waals surface area contributed by atoms with Crippen LogP contribution in [0.4, 0.5) is 0 Å². The van der Waals surface area contributed by atoms with E-state index in [1.54, 1.807) is 0 Å². The van der Waals surface area contributed by atoms with Gasteiger partial charge in [0.25, 0.3) is 0 Å². The summed E-state index contributed by atoms with van der Waals surface area (Å²) in [5.41, 5.74) is -17.7. The third-order valence-corrected chi connectivity index (χ3v) is 19.0. The van der Waals surface area contributed by atoms with Crippen LogP contribution < -0.4 is 20.7 Å². The van der Waals surface area contributed by atoms with Crippen LogP contribution in [0.3, 0.4) is 0 Å². The highest BCUT2D eigenvalue weighted by Crippen LogP contribution is 2.54. The Morgan fingerprint density at radius 2 is 0.747 bits per heavy atom. The average molecular weight is 1120 g/mol. The molecule has 12 aromatic carbocycles. The first kappa shape index (κ1) is 19.5. The number of fused-ring (bicyclic) bond motifs is 13. The van der Waals surface area contributed by atoms with Gasteiger partial charge in [-0.3, -0.25) is 4.57 Å². The van der Waals surface area contributed by atoms with Crippen LogP contribution in [-0.2, 0) is 5.41 Å². The minimum Gasteiger partial charge on any atom is -0.309 e. The Morgan fingerprint density at radius 3 is 1.35 bits per heavy atom. The van der Waals surface area contributed by atoms with Crippen molar-refractivity contribution in [3.8, 4) is 40.1 Å². The normalized spacial score (nSPS) is 21.8. The van der Waals surface area contributed by atoms with Gasteiger partial charge in [-0.15, -0.1) is 0 Å². The molecule has 0 saturated carbocycles. The van der Waals surface area contributed by atoms with Crippen LogP contribution in [0.1, 0.15) is 88.1 Å². The van der Waals surface area contributed by atoms with Gasteiger partial charge in [0.2, 0.25) is 5.95 Å². The number of hydrogen-bond donors (Lipinski definition) is 0. The van der Waals surface area contributed by atoms with E-state index in [1.165, 1.54) is 0 Å². The van der Waals surface area contributed by atoms with E-state index in [0.717, 1.165) is 4.57 Å². The number of nitrogens with zero attached hydrogens (tertiary/aromatic N) is 6. The first-order valence-corrected chi connectivity index (χ1v) is 26.6. The van der Waals surface area contributed by atoms with Crippen molar-refractivity contribution in [3.05, 3.63) is 312 Å². The Morgan fingerprint density at radius 1 is 0.313 bits per heavy atom. The summed E-state index contributed by atoms with van der Waals surface area (Å²) in [5.74, 6) is -3.67. The molecule has 0 radical (unpaired) electrons. The molecular weight excluding hydrogens is 1020 g/mol. The maximum atomic E-state index is 10.8. The second kappa shape index (κ2) is 17.4. The van der Waals surface area contributed by atoms with Crippen molar-refractivity contribution in [1.29, 1.82) is 0 Å². The lowest BCUT2D eigenvalue weighted by Gasteiger charge is -2.41. The SMILES string of the molecule is [2H]c1c([2H])c([2H])c(C2(c3c([2H])c([2H])c([2H])c([2H])c3[2H])c3c([2H])c([2H])c([2H])c([2H])c3-n3c4c([2H])c([2H])c(-c5nc(-c6c([2H])c([2H])c7c(c6[2H])c6c([2H])c([2H])c([2H])c8c6n7-c6c([2H])c([2H])c([2H])c([2H])c6[Si]8(c6c([2H])c([2H])c([2H])c([2H])c6[2H])c6c([2H])c([2H])c([2H])c([2H])c6[2H])nc(-n6c7c([2H])c([2H])c([2H])c([2H])c7c7c([2H])c([2H])c([2H])c([2H])c76)n5)c([2H])c4c4c([2H])c([2H])c([2H])c2c43)c([2H])c1[2H]. The van der Waals surface area contributed by atoms with Crippen molar-refractivity contribution in [2.45, 2.75) is 5.41 Å². The number of para-hydroxylation sites is 6. The molecule has 2 aliphatic heterocycles. The first-order valence-electron chi connectivity index (χ1n) is 48.6. The van der Waals surface area contributed by atoms with Crippen LogP contribution in [0.2, 0.25) is 0 Å². The molecule has 0 N–H and O–H groups in total. The third kappa shape index (κ3) is 6.18. The van der Waals surface area contributed by atoms with Gasteiger partial charge in [0.1, 0.15) is 0 Å². The molecule has 0 atom stereocenters. The number of rotatable bonds is 7. The van der Waals surface area contributed by atoms with Gasteiger partial charge in [0, 0.05) is 49.1 Å².